The van der Waals surface area contributed by atoms with Gasteiger partial charge >= 0.3 is 0 Å². The van der Waals surface area contributed by atoms with E-state index in [-0.39, 0.29) is 0 Å². The van der Waals surface area contributed by atoms with Crippen LogP contribution in [0.25, 0.3) is 93.5 Å². The molecule has 0 fully saturated rings. The Morgan fingerprint density at radius 3 is 1.63 bits per heavy atom. The first-order valence-electron chi connectivity index (χ1n) is 17.2. The van der Waals surface area contributed by atoms with Crippen molar-refractivity contribution in [1.82, 2.24) is 20.0 Å². The summed E-state index contributed by atoms with van der Waals surface area (Å²) in [4.78, 5) is 6.12. The minimum atomic E-state index is 0.847. The maximum absolute atomic E-state index is 5.04. The van der Waals surface area contributed by atoms with E-state index in [2.05, 4.69) is 169 Å². The second-order valence-corrected chi connectivity index (χ2v) is 12.9. The van der Waals surface area contributed by atoms with Crippen molar-refractivity contribution in [2.45, 2.75) is 0 Å². The zero-order chi connectivity index (χ0) is 33.7. The fourth-order valence-electron chi connectivity index (χ4n) is 7.62. The molecule has 2 heterocycles. The van der Waals surface area contributed by atoms with Crippen LogP contribution in [0.15, 0.2) is 182 Å². The van der Waals surface area contributed by atoms with E-state index in [9.17, 15) is 0 Å². The molecule has 0 radical (unpaired) electrons. The number of benzene rings is 8. The zero-order valence-electron chi connectivity index (χ0n) is 27.6. The van der Waals surface area contributed by atoms with E-state index < -0.39 is 0 Å². The normalized spacial score (nSPS) is 11.5. The Kier molecular flexibility index (Phi) is 6.78. The quantitative estimate of drug-likeness (QED) is 0.174. The predicted molar refractivity (Wildman–Crippen MR) is 211 cm³/mol. The average molecular weight is 651 g/mol. The molecule has 0 unspecified atom stereocenters. The molecule has 0 N–H and O–H groups in total. The van der Waals surface area contributed by atoms with E-state index in [1.54, 1.807) is 11.0 Å². The van der Waals surface area contributed by atoms with Crippen LogP contribution in [-0.4, -0.2) is 20.0 Å². The van der Waals surface area contributed by atoms with Crippen molar-refractivity contribution < 1.29 is 0 Å². The Labute approximate surface area is 294 Å². The van der Waals surface area contributed by atoms with Crippen LogP contribution in [0.3, 0.4) is 0 Å². The number of nitrogens with zero attached hydrogens (tertiary/aromatic N) is 4. The van der Waals surface area contributed by atoms with Gasteiger partial charge in [0.1, 0.15) is 11.0 Å². The summed E-state index contributed by atoms with van der Waals surface area (Å²) >= 11 is 0. The summed E-state index contributed by atoms with van der Waals surface area (Å²) in [6.45, 7) is 0. The van der Waals surface area contributed by atoms with Crippen molar-refractivity contribution in [2.24, 2.45) is 0 Å². The number of aromatic nitrogens is 4. The Morgan fingerprint density at radius 1 is 0.353 bits per heavy atom. The van der Waals surface area contributed by atoms with Gasteiger partial charge in [0.15, 0.2) is 0 Å². The monoisotopic (exact) mass is 650 g/mol. The minimum absolute atomic E-state index is 0.847. The standard InChI is InChI=1S/C47H30N4/c1-3-12-31(13-4-1)46-39-19-9-10-20-40(39)47(32-14-5-2-6-15-32)42-28-33(21-23-41(42)46)34-22-25-43-44(29-34)50-51(49-43)45-26-24-36(35-16-11-27-48-30-35)37-17-7-8-18-38(37)45/h1-30H. The lowest BCUT2D eigenvalue weighted by atomic mass is 9.85. The van der Waals surface area contributed by atoms with E-state index >= 15 is 0 Å². The largest absolute Gasteiger partial charge is 0.264 e. The smallest absolute Gasteiger partial charge is 0.114 e. The van der Waals surface area contributed by atoms with Gasteiger partial charge in [-0.2, -0.15) is 0 Å². The van der Waals surface area contributed by atoms with Gasteiger partial charge in [-0.15, -0.1) is 15.0 Å². The molecule has 238 valence electrons. The molecule has 10 aromatic rings. The third-order valence-electron chi connectivity index (χ3n) is 9.95. The van der Waals surface area contributed by atoms with Crippen LogP contribution in [0.1, 0.15) is 0 Å². The molecular formula is C47H30N4. The molecule has 0 amide bonds. The van der Waals surface area contributed by atoms with Crippen molar-refractivity contribution in [1.29, 1.82) is 0 Å². The van der Waals surface area contributed by atoms with Crippen LogP contribution < -0.4 is 0 Å². The maximum Gasteiger partial charge on any atom is 0.114 e. The van der Waals surface area contributed by atoms with Gasteiger partial charge in [0, 0.05) is 23.3 Å². The lowest BCUT2D eigenvalue weighted by Gasteiger charge is -2.18. The molecule has 51 heavy (non-hydrogen) atoms. The van der Waals surface area contributed by atoms with Crippen LogP contribution in [-0.2, 0) is 0 Å². The molecule has 2 aromatic heterocycles. The van der Waals surface area contributed by atoms with E-state index in [0.717, 1.165) is 49.7 Å². The summed E-state index contributed by atoms with van der Waals surface area (Å²) in [5, 5.41) is 17.2. The van der Waals surface area contributed by atoms with Gasteiger partial charge in [-0.25, -0.2) is 0 Å². The van der Waals surface area contributed by atoms with Crippen molar-refractivity contribution in [3.63, 3.8) is 0 Å². The highest BCUT2D eigenvalue weighted by Gasteiger charge is 2.18. The number of rotatable bonds is 5. The van der Waals surface area contributed by atoms with Crippen LogP contribution in [0.2, 0.25) is 0 Å². The van der Waals surface area contributed by atoms with Crippen molar-refractivity contribution in [2.75, 3.05) is 0 Å². The maximum atomic E-state index is 5.04. The second kappa shape index (κ2) is 11.9. The van der Waals surface area contributed by atoms with Gasteiger partial charge in [0.2, 0.25) is 0 Å². The predicted octanol–water partition coefficient (Wildman–Crippen LogP) is 11.9. The summed E-state index contributed by atoms with van der Waals surface area (Å²) in [6, 6.07) is 60.3. The molecule has 0 aliphatic rings. The third kappa shape index (κ3) is 4.88. The molecule has 10 rings (SSSR count). The molecule has 0 aliphatic heterocycles. The minimum Gasteiger partial charge on any atom is -0.264 e. The van der Waals surface area contributed by atoms with Gasteiger partial charge in [-0.05, 0) is 96.2 Å². The fraction of sp³-hybridized carbons (Fsp3) is 0. The molecule has 4 nitrogen and oxygen atoms in total. The lowest BCUT2D eigenvalue weighted by Crippen LogP contribution is -2.00. The zero-order valence-corrected chi connectivity index (χ0v) is 27.6. The van der Waals surface area contributed by atoms with Crippen molar-refractivity contribution in [3.05, 3.63) is 182 Å². The molecule has 4 heteroatoms. The number of fused-ring (bicyclic) bond motifs is 4. The van der Waals surface area contributed by atoms with E-state index in [1.165, 1.54) is 43.8 Å². The molecular weight excluding hydrogens is 621 g/mol. The fourth-order valence-corrected chi connectivity index (χ4v) is 7.62. The van der Waals surface area contributed by atoms with E-state index in [0.29, 0.717) is 0 Å². The summed E-state index contributed by atoms with van der Waals surface area (Å²) in [5.74, 6) is 0. The van der Waals surface area contributed by atoms with Gasteiger partial charge in [0.05, 0.1) is 5.69 Å². The lowest BCUT2D eigenvalue weighted by molar-refractivity contribution is 0.771. The van der Waals surface area contributed by atoms with Crippen molar-refractivity contribution in [3.8, 4) is 50.2 Å². The van der Waals surface area contributed by atoms with E-state index in [4.69, 9.17) is 10.2 Å². The summed E-state index contributed by atoms with van der Waals surface area (Å²) in [5.41, 5.74) is 12.0. The Balaban J connectivity index is 1.14. The molecule has 0 atom stereocenters. The Hall–Kier alpha value is -6.91. The molecule has 8 aromatic carbocycles. The molecule has 0 saturated carbocycles. The highest BCUT2D eigenvalue weighted by Crippen LogP contribution is 2.45. The molecule has 0 spiro atoms. The van der Waals surface area contributed by atoms with Crippen LogP contribution in [0.4, 0.5) is 0 Å². The summed E-state index contributed by atoms with van der Waals surface area (Å²) in [7, 11) is 0. The third-order valence-corrected chi connectivity index (χ3v) is 9.95. The molecule has 0 saturated heterocycles. The highest BCUT2D eigenvalue weighted by molar-refractivity contribution is 6.22. The van der Waals surface area contributed by atoms with Crippen LogP contribution in [0, 0.1) is 0 Å². The number of hydrogen-bond acceptors (Lipinski definition) is 3. The van der Waals surface area contributed by atoms with E-state index in [1.807, 2.05) is 12.3 Å². The van der Waals surface area contributed by atoms with Crippen LogP contribution >= 0.6 is 0 Å². The molecule has 0 aliphatic carbocycles. The van der Waals surface area contributed by atoms with Gasteiger partial charge < -0.3 is 0 Å². The summed E-state index contributed by atoms with van der Waals surface area (Å²) < 4.78 is 0. The molecule has 0 bridgehead atoms. The van der Waals surface area contributed by atoms with Crippen molar-refractivity contribution >= 4 is 43.4 Å². The van der Waals surface area contributed by atoms with Gasteiger partial charge in [-0.3, -0.25) is 4.98 Å². The van der Waals surface area contributed by atoms with Gasteiger partial charge in [-0.1, -0.05) is 140 Å². The topological polar surface area (TPSA) is 43.6 Å². The van der Waals surface area contributed by atoms with Crippen LogP contribution in [0.5, 0.6) is 0 Å². The SMILES string of the molecule is c1ccc(-c2c3ccccc3c(-c3ccccc3)c3cc(-c4ccc5nn(-c6ccc(-c7cccnc7)c7ccccc67)nc5c4)ccc23)cc1. The Morgan fingerprint density at radius 2 is 0.922 bits per heavy atom. The number of pyridine rings is 1. The Bertz CT molecular complexity index is 2900. The number of hydrogen-bond donors (Lipinski definition) is 0. The highest BCUT2D eigenvalue weighted by atomic mass is 15.5. The first kappa shape index (κ1) is 29.0. The second-order valence-electron chi connectivity index (χ2n) is 12.9. The van der Waals surface area contributed by atoms with Gasteiger partial charge in [0.25, 0.3) is 0 Å². The summed E-state index contributed by atoms with van der Waals surface area (Å²) in [6.07, 6.45) is 3.71. The average Bonchev–Trinajstić information content (AvgIpc) is 3.64. The first-order chi connectivity index (χ1) is 25.3. The first-order valence-corrected chi connectivity index (χ1v) is 17.2.